The Morgan fingerprint density at radius 3 is 2.60 bits per heavy atom. The second-order valence-corrected chi connectivity index (χ2v) is 8.22. The first-order valence-corrected chi connectivity index (χ1v) is 10.3. The second kappa shape index (κ2) is 8.85. The lowest BCUT2D eigenvalue weighted by Crippen LogP contribution is -2.57. The van der Waals surface area contributed by atoms with Crippen molar-refractivity contribution in [1.82, 2.24) is 19.8 Å². The number of carbonyl (C=O) groups excluding carboxylic acids is 3. The Morgan fingerprint density at radius 2 is 2.00 bits per heavy atom. The number of carbonyl (C=O) groups is 3. The van der Waals surface area contributed by atoms with E-state index in [1.165, 1.54) is 12.0 Å². The molecule has 3 heterocycles. The molecule has 2 fully saturated rings. The van der Waals surface area contributed by atoms with Gasteiger partial charge in [0.1, 0.15) is 11.4 Å². The van der Waals surface area contributed by atoms with E-state index in [9.17, 15) is 14.4 Å². The third-order valence-corrected chi connectivity index (χ3v) is 5.73. The summed E-state index contributed by atoms with van der Waals surface area (Å²) in [5.74, 6) is 0.645. The number of nitrogens with zero attached hydrogens (tertiary/aromatic N) is 5. The third-order valence-electron chi connectivity index (χ3n) is 5.73. The molecule has 0 saturated carbocycles. The Labute approximate surface area is 176 Å². The highest BCUT2D eigenvalue weighted by Gasteiger charge is 2.57. The molecule has 0 aliphatic carbocycles. The van der Waals surface area contributed by atoms with Crippen LogP contribution in [0.1, 0.15) is 39.5 Å². The van der Waals surface area contributed by atoms with Gasteiger partial charge in [-0.05, 0) is 31.2 Å². The van der Waals surface area contributed by atoms with Gasteiger partial charge in [-0.3, -0.25) is 14.5 Å². The number of amides is 3. The number of hydrogen-bond donors (Lipinski definition) is 1. The highest BCUT2D eigenvalue weighted by Crippen LogP contribution is 2.38. The minimum absolute atomic E-state index is 0.167. The second-order valence-electron chi connectivity index (χ2n) is 8.22. The fourth-order valence-corrected chi connectivity index (χ4v) is 4.21. The number of esters is 1. The SMILES string of the molecule is COC(=O)CCCN1C(=O)N(CC(C)C)C2(CCN(c3ccnc(N)n3)CC2)C1=O. The van der Waals surface area contributed by atoms with E-state index >= 15 is 0 Å². The molecule has 164 valence electrons. The van der Waals surface area contributed by atoms with Crippen LogP contribution in [0.25, 0.3) is 0 Å². The average Bonchev–Trinajstić information content (AvgIpc) is 2.90. The summed E-state index contributed by atoms with van der Waals surface area (Å²) in [6, 6.07) is 1.53. The largest absolute Gasteiger partial charge is 0.469 e. The van der Waals surface area contributed by atoms with Gasteiger partial charge in [0.05, 0.1) is 7.11 Å². The summed E-state index contributed by atoms with van der Waals surface area (Å²) < 4.78 is 4.65. The molecule has 10 heteroatoms. The van der Waals surface area contributed by atoms with Gasteiger partial charge >= 0.3 is 12.0 Å². The molecule has 1 spiro atoms. The van der Waals surface area contributed by atoms with Crippen LogP contribution in [-0.2, 0) is 14.3 Å². The first kappa shape index (κ1) is 21.8. The molecule has 3 amide bonds. The van der Waals surface area contributed by atoms with Gasteiger partial charge in [-0.2, -0.15) is 4.98 Å². The standard InChI is InChI=1S/C20H30N6O4/c1-14(2)13-26-19(29)25(10-4-5-16(27)30-3)17(28)20(26)7-11-24(12-8-20)15-6-9-22-18(21)23-15/h6,9,14H,4-5,7-8,10-13H2,1-3H3,(H2,21,22,23). The zero-order valence-corrected chi connectivity index (χ0v) is 17.8. The highest BCUT2D eigenvalue weighted by molar-refractivity contribution is 6.07. The van der Waals surface area contributed by atoms with E-state index < -0.39 is 5.54 Å². The molecule has 1 aromatic heterocycles. The maximum absolute atomic E-state index is 13.4. The third kappa shape index (κ3) is 4.17. The van der Waals surface area contributed by atoms with Crippen LogP contribution in [0.3, 0.4) is 0 Å². The molecule has 2 saturated heterocycles. The van der Waals surface area contributed by atoms with Gasteiger partial charge in [-0.15, -0.1) is 0 Å². The smallest absolute Gasteiger partial charge is 0.327 e. The van der Waals surface area contributed by atoms with Gasteiger partial charge in [-0.1, -0.05) is 13.8 Å². The van der Waals surface area contributed by atoms with Crippen LogP contribution in [0.4, 0.5) is 16.6 Å². The lowest BCUT2D eigenvalue weighted by Gasteiger charge is -2.43. The molecule has 2 aliphatic heterocycles. The molecule has 0 aromatic carbocycles. The van der Waals surface area contributed by atoms with Gasteiger partial charge < -0.3 is 20.3 Å². The highest BCUT2D eigenvalue weighted by atomic mass is 16.5. The Kier molecular flexibility index (Phi) is 6.42. The molecule has 10 nitrogen and oxygen atoms in total. The number of nitrogen functional groups attached to an aromatic ring is 1. The van der Waals surface area contributed by atoms with E-state index in [0.29, 0.717) is 38.9 Å². The van der Waals surface area contributed by atoms with Crippen LogP contribution < -0.4 is 10.6 Å². The monoisotopic (exact) mass is 418 g/mol. The lowest BCUT2D eigenvalue weighted by atomic mass is 9.85. The summed E-state index contributed by atoms with van der Waals surface area (Å²) in [5, 5.41) is 0. The number of imide groups is 1. The van der Waals surface area contributed by atoms with E-state index in [2.05, 4.69) is 19.6 Å². The van der Waals surface area contributed by atoms with Crippen molar-refractivity contribution in [2.45, 2.75) is 45.1 Å². The number of hydrogen-bond acceptors (Lipinski definition) is 8. The Hall–Kier alpha value is -2.91. The zero-order valence-electron chi connectivity index (χ0n) is 17.8. The predicted octanol–water partition coefficient (Wildman–Crippen LogP) is 1.27. The van der Waals surface area contributed by atoms with Crippen molar-refractivity contribution in [1.29, 1.82) is 0 Å². The topological polar surface area (TPSA) is 122 Å². The Bertz CT molecular complexity index is 806. The van der Waals surface area contributed by atoms with E-state index in [-0.39, 0.29) is 42.7 Å². The normalized spacial score (nSPS) is 18.6. The van der Waals surface area contributed by atoms with Gasteiger partial charge in [0.2, 0.25) is 5.95 Å². The molecule has 2 aliphatic rings. The van der Waals surface area contributed by atoms with E-state index in [1.807, 2.05) is 13.8 Å². The summed E-state index contributed by atoms with van der Waals surface area (Å²) >= 11 is 0. The number of urea groups is 1. The molecular weight excluding hydrogens is 388 g/mol. The fourth-order valence-electron chi connectivity index (χ4n) is 4.21. The van der Waals surface area contributed by atoms with Crippen LogP contribution in [0.15, 0.2) is 12.3 Å². The molecule has 0 bridgehead atoms. The molecule has 3 rings (SSSR count). The zero-order chi connectivity index (χ0) is 21.9. The lowest BCUT2D eigenvalue weighted by molar-refractivity contribution is -0.141. The van der Waals surface area contributed by atoms with E-state index in [1.54, 1.807) is 17.2 Å². The molecule has 1 aromatic rings. The van der Waals surface area contributed by atoms with Gasteiger partial charge in [-0.25, -0.2) is 9.78 Å². The summed E-state index contributed by atoms with van der Waals surface area (Å²) in [6.07, 6.45) is 3.21. The summed E-state index contributed by atoms with van der Waals surface area (Å²) in [6.45, 7) is 5.96. The maximum Gasteiger partial charge on any atom is 0.327 e. The van der Waals surface area contributed by atoms with Crippen LogP contribution >= 0.6 is 0 Å². The van der Waals surface area contributed by atoms with Crippen molar-refractivity contribution in [3.05, 3.63) is 12.3 Å². The molecular formula is C20H30N6O4. The van der Waals surface area contributed by atoms with Crippen molar-refractivity contribution < 1.29 is 19.1 Å². The van der Waals surface area contributed by atoms with Gasteiger partial charge in [0.15, 0.2) is 0 Å². The van der Waals surface area contributed by atoms with Gasteiger partial charge in [0, 0.05) is 38.8 Å². The number of aromatic nitrogens is 2. The maximum atomic E-state index is 13.4. The minimum atomic E-state index is -0.846. The number of anilines is 2. The van der Waals surface area contributed by atoms with Crippen LogP contribution in [0, 0.1) is 5.92 Å². The summed E-state index contributed by atoms with van der Waals surface area (Å²) in [5.41, 5.74) is 4.85. The van der Waals surface area contributed by atoms with Crippen molar-refractivity contribution in [3.8, 4) is 0 Å². The van der Waals surface area contributed by atoms with E-state index in [4.69, 9.17) is 5.73 Å². The molecule has 0 radical (unpaired) electrons. The van der Waals surface area contributed by atoms with Gasteiger partial charge in [0.25, 0.3) is 5.91 Å². The summed E-state index contributed by atoms with van der Waals surface area (Å²) in [4.78, 5) is 51.2. The van der Waals surface area contributed by atoms with Crippen molar-refractivity contribution >= 4 is 29.7 Å². The number of ether oxygens (including phenoxy) is 1. The van der Waals surface area contributed by atoms with Crippen LogP contribution in [0.2, 0.25) is 0 Å². The first-order chi connectivity index (χ1) is 14.3. The number of methoxy groups -OCH3 is 1. The Morgan fingerprint density at radius 1 is 1.30 bits per heavy atom. The number of piperidine rings is 1. The minimum Gasteiger partial charge on any atom is -0.469 e. The van der Waals surface area contributed by atoms with Crippen LogP contribution in [-0.4, -0.2) is 76.5 Å². The fraction of sp³-hybridized carbons (Fsp3) is 0.650. The van der Waals surface area contributed by atoms with E-state index in [0.717, 1.165) is 5.82 Å². The first-order valence-electron chi connectivity index (χ1n) is 10.3. The molecule has 0 unspecified atom stereocenters. The molecule has 30 heavy (non-hydrogen) atoms. The Balaban J connectivity index is 1.76. The number of nitrogens with two attached hydrogens (primary N) is 1. The average molecular weight is 418 g/mol. The van der Waals surface area contributed by atoms with Crippen LogP contribution in [0.5, 0.6) is 0 Å². The molecule has 2 N–H and O–H groups in total. The summed E-state index contributed by atoms with van der Waals surface area (Å²) in [7, 11) is 1.33. The van der Waals surface area contributed by atoms with Crippen molar-refractivity contribution in [2.24, 2.45) is 5.92 Å². The quantitative estimate of drug-likeness (QED) is 0.519. The van der Waals surface area contributed by atoms with Crippen molar-refractivity contribution in [3.63, 3.8) is 0 Å². The van der Waals surface area contributed by atoms with Crippen molar-refractivity contribution in [2.75, 3.05) is 43.9 Å². The predicted molar refractivity (Wildman–Crippen MR) is 111 cm³/mol. The number of rotatable bonds is 7. The molecule has 0 atom stereocenters.